The van der Waals surface area contributed by atoms with E-state index in [1.54, 1.807) is 30.5 Å². The van der Waals surface area contributed by atoms with E-state index >= 15 is 0 Å². The monoisotopic (exact) mass is 576 g/mol. The second-order valence-electron chi connectivity index (χ2n) is 10.2. The highest BCUT2D eigenvalue weighted by molar-refractivity contribution is 7.87. The zero-order chi connectivity index (χ0) is 27.8. The van der Waals surface area contributed by atoms with E-state index in [1.165, 1.54) is 27.2 Å². The lowest BCUT2D eigenvalue weighted by Crippen LogP contribution is -2.52. The van der Waals surface area contributed by atoms with Crippen LogP contribution in [0.2, 0.25) is 5.02 Å². The molecule has 208 valence electrons. The van der Waals surface area contributed by atoms with Crippen molar-refractivity contribution in [2.24, 2.45) is 5.41 Å². The topological polar surface area (TPSA) is 123 Å². The molecule has 3 N–H and O–H groups in total. The third kappa shape index (κ3) is 6.19. The van der Waals surface area contributed by atoms with Gasteiger partial charge < -0.3 is 15.4 Å². The van der Waals surface area contributed by atoms with Crippen LogP contribution < -0.4 is 25.7 Å². The Hall–Kier alpha value is -3.19. The van der Waals surface area contributed by atoms with Gasteiger partial charge in [-0.2, -0.15) is 27.2 Å². The Balaban J connectivity index is 1.31. The fraction of sp³-hybridized carbons (Fsp3) is 0.385. The number of benzene rings is 2. The van der Waals surface area contributed by atoms with Gasteiger partial charge in [-0.15, -0.1) is 0 Å². The lowest BCUT2D eigenvalue weighted by atomic mass is 10.2. The number of anilines is 2. The summed E-state index contributed by atoms with van der Waals surface area (Å²) in [6, 6.07) is 10.9. The first-order valence-electron chi connectivity index (χ1n) is 12.6. The van der Waals surface area contributed by atoms with Crippen LogP contribution in [-0.2, 0) is 16.8 Å². The molecule has 0 spiro atoms. The summed E-state index contributed by atoms with van der Waals surface area (Å²) in [6.45, 7) is 3.54. The highest BCUT2D eigenvalue weighted by Crippen LogP contribution is 2.45. The van der Waals surface area contributed by atoms with Gasteiger partial charge in [0.15, 0.2) is 0 Å². The molecular formula is C26H30ClFN6O4S. The van der Waals surface area contributed by atoms with Crippen molar-refractivity contribution in [1.29, 1.82) is 0 Å². The molecule has 10 nitrogen and oxygen atoms in total. The lowest BCUT2D eigenvalue weighted by Gasteiger charge is -2.35. The molecule has 1 aromatic heterocycles. The quantitative estimate of drug-likeness (QED) is 0.375. The van der Waals surface area contributed by atoms with Gasteiger partial charge in [0.25, 0.3) is 10.2 Å². The van der Waals surface area contributed by atoms with Gasteiger partial charge in [0.05, 0.1) is 24.2 Å². The predicted molar refractivity (Wildman–Crippen MR) is 148 cm³/mol. The molecular weight excluding hydrogens is 547 g/mol. The Morgan fingerprint density at radius 2 is 1.90 bits per heavy atom. The second-order valence-corrected chi connectivity index (χ2v) is 12.4. The van der Waals surface area contributed by atoms with Crippen molar-refractivity contribution in [3.05, 3.63) is 75.4 Å². The van der Waals surface area contributed by atoms with Crippen molar-refractivity contribution in [1.82, 2.24) is 18.8 Å². The molecule has 2 aliphatic rings. The number of hydrogen-bond donors (Lipinski definition) is 2. The molecule has 2 heterocycles. The molecule has 1 saturated carbocycles. The van der Waals surface area contributed by atoms with Crippen LogP contribution in [0.25, 0.3) is 5.69 Å². The first-order chi connectivity index (χ1) is 18.5. The first kappa shape index (κ1) is 27.4. The summed E-state index contributed by atoms with van der Waals surface area (Å²) in [7, 11) is -3.80. The first-order valence-corrected chi connectivity index (χ1v) is 14.4. The van der Waals surface area contributed by atoms with Crippen LogP contribution in [0.1, 0.15) is 25.3 Å². The molecule has 1 saturated heterocycles. The molecule has 13 heteroatoms. The van der Waals surface area contributed by atoms with Gasteiger partial charge in [-0.25, -0.2) is 4.39 Å². The molecule has 2 aromatic carbocycles. The third-order valence-electron chi connectivity index (χ3n) is 7.07. The van der Waals surface area contributed by atoms with Crippen LogP contribution in [-0.4, -0.2) is 55.3 Å². The lowest BCUT2D eigenvalue weighted by molar-refractivity contribution is 0.242. The van der Waals surface area contributed by atoms with Crippen LogP contribution in [0.3, 0.4) is 0 Å². The number of nitrogens with one attached hydrogen (secondary N) is 1. The number of halogens is 2. The Morgan fingerprint density at radius 3 is 2.56 bits per heavy atom. The number of nitrogens with two attached hydrogens (primary N) is 1. The van der Waals surface area contributed by atoms with Crippen molar-refractivity contribution in [3.63, 3.8) is 0 Å². The fourth-order valence-electron chi connectivity index (χ4n) is 4.32. The number of aromatic nitrogens is 2. The number of nitrogens with zero attached hydrogens (tertiary/aromatic N) is 4. The largest absolute Gasteiger partial charge is 0.486 e. The van der Waals surface area contributed by atoms with Gasteiger partial charge in [-0.3, -0.25) is 4.79 Å². The molecule has 0 bridgehead atoms. The maximum atomic E-state index is 13.5. The van der Waals surface area contributed by atoms with Gasteiger partial charge in [-0.1, -0.05) is 30.7 Å². The molecule has 1 aliphatic carbocycles. The van der Waals surface area contributed by atoms with Crippen LogP contribution in [0.4, 0.5) is 15.8 Å². The average Bonchev–Trinajstić information content (AvgIpc) is 3.65. The summed E-state index contributed by atoms with van der Waals surface area (Å²) in [6.07, 6.45) is 3.64. The highest BCUT2D eigenvalue weighted by Gasteiger charge is 2.39. The normalized spacial score (nSPS) is 17.3. The summed E-state index contributed by atoms with van der Waals surface area (Å²) >= 11 is 6.13. The summed E-state index contributed by atoms with van der Waals surface area (Å²) in [5.74, 6) is -0.372. The Bertz CT molecular complexity index is 1540. The number of ether oxygens (including phenoxy) is 1. The van der Waals surface area contributed by atoms with Crippen LogP contribution >= 0.6 is 11.6 Å². The van der Waals surface area contributed by atoms with Crippen LogP contribution in [0.15, 0.2) is 53.5 Å². The van der Waals surface area contributed by atoms with E-state index in [0.29, 0.717) is 41.7 Å². The van der Waals surface area contributed by atoms with Crippen molar-refractivity contribution in [2.45, 2.75) is 26.3 Å². The van der Waals surface area contributed by atoms with Gasteiger partial charge in [-0.05, 0) is 48.7 Å². The van der Waals surface area contributed by atoms with E-state index in [0.717, 1.165) is 12.8 Å². The predicted octanol–water partition coefficient (Wildman–Crippen LogP) is 2.94. The molecule has 3 aromatic rings. The zero-order valence-corrected chi connectivity index (χ0v) is 23.0. The van der Waals surface area contributed by atoms with E-state index in [1.807, 2.05) is 4.90 Å². The Kier molecular flexibility index (Phi) is 7.55. The summed E-state index contributed by atoms with van der Waals surface area (Å²) < 4.78 is 50.5. The summed E-state index contributed by atoms with van der Waals surface area (Å²) in [4.78, 5) is 15.4. The standard InChI is InChI=1S/C26H30ClFN6O4S/c1-26(7-8-26)17-38-24-23(16-30-34(25(24)35)20-4-2-3-19(27)14-20)32-9-11-33(12-10-32)39(36,37)31-15-18-5-6-21(28)22(29)13-18/h2-6,13-14,16,31H,7-12,15,17,29H2,1H3. The van der Waals surface area contributed by atoms with E-state index in [2.05, 4.69) is 16.7 Å². The minimum atomic E-state index is -3.80. The molecule has 2 fully saturated rings. The maximum absolute atomic E-state index is 13.5. The number of rotatable bonds is 9. The summed E-state index contributed by atoms with van der Waals surface area (Å²) in [5, 5.41) is 4.85. The molecule has 0 radical (unpaired) electrons. The minimum absolute atomic E-state index is 0.0184. The van der Waals surface area contributed by atoms with Crippen LogP contribution in [0, 0.1) is 11.2 Å². The molecule has 5 rings (SSSR count). The van der Waals surface area contributed by atoms with Gasteiger partial charge >= 0.3 is 5.56 Å². The fourth-order valence-corrected chi connectivity index (χ4v) is 5.68. The summed E-state index contributed by atoms with van der Waals surface area (Å²) in [5.41, 5.74) is 6.77. The van der Waals surface area contributed by atoms with Crippen molar-refractivity contribution in [3.8, 4) is 11.4 Å². The molecule has 0 atom stereocenters. The molecule has 0 amide bonds. The second kappa shape index (κ2) is 10.8. The average molecular weight is 577 g/mol. The SMILES string of the molecule is CC1(COc2c(N3CCN(S(=O)(=O)NCc4ccc(F)c(N)c4)CC3)cnn(-c3cccc(Cl)c3)c2=O)CC1. The smallest absolute Gasteiger partial charge is 0.316 e. The zero-order valence-electron chi connectivity index (χ0n) is 21.4. The molecule has 1 aliphatic heterocycles. The van der Waals surface area contributed by atoms with Crippen molar-refractivity contribution >= 4 is 33.2 Å². The van der Waals surface area contributed by atoms with E-state index in [-0.39, 0.29) is 36.5 Å². The molecule has 0 unspecified atom stereocenters. The number of hydrogen-bond acceptors (Lipinski definition) is 7. The Labute approximate surface area is 231 Å². The Morgan fingerprint density at radius 1 is 1.15 bits per heavy atom. The number of nitrogen functional groups attached to an aromatic ring is 1. The van der Waals surface area contributed by atoms with E-state index in [4.69, 9.17) is 22.1 Å². The van der Waals surface area contributed by atoms with Gasteiger partial charge in [0.1, 0.15) is 11.5 Å². The third-order valence-corrected chi connectivity index (χ3v) is 8.86. The van der Waals surface area contributed by atoms with E-state index in [9.17, 15) is 17.6 Å². The maximum Gasteiger partial charge on any atom is 0.316 e. The van der Waals surface area contributed by atoms with Gasteiger partial charge in [0, 0.05) is 43.2 Å². The molecule has 39 heavy (non-hydrogen) atoms. The van der Waals surface area contributed by atoms with Crippen molar-refractivity contribution < 1.29 is 17.5 Å². The van der Waals surface area contributed by atoms with Crippen molar-refractivity contribution in [2.75, 3.05) is 43.4 Å². The van der Waals surface area contributed by atoms with E-state index < -0.39 is 21.6 Å². The number of piperazine rings is 1. The highest BCUT2D eigenvalue weighted by atomic mass is 35.5. The van der Waals surface area contributed by atoms with Gasteiger partial charge in [0.2, 0.25) is 5.75 Å². The van der Waals surface area contributed by atoms with Crippen LogP contribution in [0.5, 0.6) is 5.75 Å². The minimum Gasteiger partial charge on any atom is -0.486 e.